The third-order valence-electron chi connectivity index (χ3n) is 3.65. The molecule has 0 aromatic carbocycles. The summed E-state index contributed by atoms with van der Waals surface area (Å²) in [7, 11) is 0. The number of hydrogen-bond donors (Lipinski definition) is 1. The van der Waals surface area contributed by atoms with Crippen molar-refractivity contribution in [1.29, 1.82) is 0 Å². The lowest BCUT2D eigenvalue weighted by Crippen LogP contribution is -2.48. The van der Waals surface area contributed by atoms with Crippen molar-refractivity contribution in [2.75, 3.05) is 19.6 Å². The van der Waals surface area contributed by atoms with Gasteiger partial charge in [0.25, 0.3) is 0 Å². The molecule has 2 rings (SSSR count). The van der Waals surface area contributed by atoms with E-state index in [9.17, 15) is 0 Å². The van der Waals surface area contributed by atoms with Crippen LogP contribution in [0.3, 0.4) is 0 Å². The molecule has 16 heavy (non-hydrogen) atoms. The number of thiazole rings is 1. The maximum atomic E-state index is 6.50. The molecule has 1 saturated heterocycles. The Morgan fingerprint density at radius 3 is 2.44 bits per heavy atom. The fourth-order valence-corrected chi connectivity index (χ4v) is 3.24. The topological polar surface area (TPSA) is 42.1 Å². The van der Waals surface area contributed by atoms with Gasteiger partial charge in [0.15, 0.2) is 0 Å². The molecule has 0 radical (unpaired) electrons. The van der Waals surface area contributed by atoms with Crippen LogP contribution in [-0.2, 0) is 5.54 Å². The molecule has 1 aliphatic heterocycles. The van der Waals surface area contributed by atoms with Crippen LogP contribution in [0.15, 0.2) is 0 Å². The number of nitrogens with two attached hydrogens (primary N) is 1. The van der Waals surface area contributed by atoms with Gasteiger partial charge in [0.2, 0.25) is 0 Å². The second kappa shape index (κ2) is 4.43. The van der Waals surface area contributed by atoms with Gasteiger partial charge in [-0.05, 0) is 33.2 Å². The average Bonchev–Trinajstić information content (AvgIpc) is 2.61. The van der Waals surface area contributed by atoms with Crippen molar-refractivity contribution in [3.8, 4) is 0 Å². The van der Waals surface area contributed by atoms with Gasteiger partial charge in [0, 0.05) is 18.0 Å². The average molecular weight is 239 g/mol. The molecule has 90 valence electrons. The maximum Gasteiger partial charge on any atom is 0.113 e. The molecule has 4 heteroatoms. The van der Waals surface area contributed by atoms with Crippen LogP contribution in [0.1, 0.15) is 35.3 Å². The molecule has 3 nitrogen and oxygen atoms in total. The zero-order valence-electron chi connectivity index (χ0n) is 10.4. The molecule has 1 aliphatic rings. The highest BCUT2D eigenvalue weighted by Crippen LogP contribution is 2.33. The molecule has 1 fully saturated rings. The van der Waals surface area contributed by atoms with Crippen LogP contribution >= 0.6 is 11.3 Å². The Bertz CT molecular complexity index is 345. The molecule has 0 spiro atoms. The summed E-state index contributed by atoms with van der Waals surface area (Å²) in [5.41, 5.74) is 7.47. The fourth-order valence-electron chi connectivity index (χ4n) is 2.17. The summed E-state index contributed by atoms with van der Waals surface area (Å²) in [5.74, 6) is 0. The van der Waals surface area contributed by atoms with Gasteiger partial charge in [-0.1, -0.05) is 6.92 Å². The Balaban J connectivity index is 2.14. The summed E-state index contributed by atoms with van der Waals surface area (Å²) in [6, 6.07) is 0. The predicted molar refractivity (Wildman–Crippen MR) is 68.8 cm³/mol. The number of piperidine rings is 1. The van der Waals surface area contributed by atoms with Crippen LogP contribution in [0.5, 0.6) is 0 Å². The van der Waals surface area contributed by atoms with Gasteiger partial charge >= 0.3 is 0 Å². The quantitative estimate of drug-likeness (QED) is 0.858. The Morgan fingerprint density at radius 1 is 1.38 bits per heavy atom. The normalized spacial score (nSPS) is 21.2. The minimum absolute atomic E-state index is 0.171. The first-order valence-corrected chi connectivity index (χ1v) is 6.82. The van der Waals surface area contributed by atoms with Crippen molar-refractivity contribution in [2.45, 2.75) is 39.2 Å². The van der Waals surface area contributed by atoms with E-state index < -0.39 is 0 Å². The van der Waals surface area contributed by atoms with E-state index in [4.69, 9.17) is 5.73 Å². The minimum Gasteiger partial charge on any atom is -0.319 e. The Morgan fingerprint density at radius 2 is 2.00 bits per heavy atom. The van der Waals surface area contributed by atoms with Crippen molar-refractivity contribution in [3.05, 3.63) is 15.6 Å². The predicted octanol–water partition coefficient (Wildman–Crippen LogP) is 2.03. The highest BCUT2D eigenvalue weighted by Gasteiger charge is 2.34. The molecule has 0 atom stereocenters. The Kier molecular flexibility index (Phi) is 3.33. The Hall–Kier alpha value is -0.450. The SMILES string of the molecule is CCN1CCC(N)(c2nc(C)c(C)s2)CC1. The number of hydrogen-bond acceptors (Lipinski definition) is 4. The minimum atomic E-state index is -0.171. The largest absolute Gasteiger partial charge is 0.319 e. The van der Waals surface area contributed by atoms with Gasteiger partial charge in [-0.25, -0.2) is 4.98 Å². The van der Waals surface area contributed by atoms with Crippen LogP contribution < -0.4 is 5.73 Å². The molecular formula is C12H21N3S. The van der Waals surface area contributed by atoms with Gasteiger partial charge in [0.05, 0.1) is 11.2 Å². The van der Waals surface area contributed by atoms with E-state index in [1.807, 2.05) is 0 Å². The monoisotopic (exact) mass is 239 g/mol. The first-order valence-electron chi connectivity index (χ1n) is 6.01. The molecule has 0 bridgehead atoms. The van der Waals surface area contributed by atoms with Crippen LogP contribution in [0.2, 0.25) is 0 Å². The summed E-state index contributed by atoms with van der Waals surface area (Å²) in [4.78, 5) is 8.39. The second-order valence-corrected chi connectivity index (χ2v) is 5.95. The molecule has 0 aliphatic carbocycles. The van der Waals surface area contributed by atoms with Gasteiger partial charge in [-0.2, -0.15) is 0 Å². The molecule has 1 aromatic rings. The molecule has 0 amide bonds. The smallest absolute Gasteiger partial charge is 0.113 e. The van der Waals surface area contributed by atoms with Gasteiger partial charge in [-0.3, -0.25) is 0 Å². The molecule has 0 saturated carbocycles. The number of aromatic nitrogens is 1. The van der Waals surface area contributed by atoms with E-state index in [1.165, 1.54) is 4.88 Å². The van der Waals surface area contributed by atoms with E-state index in [-0.39, 0.29) is 5.54 Å². The van der Waals surface area contributed by atoms with E-state index in [0.29, 0.717) is 0 Å². The first-order chi connectivity index (χ1) is 7.55. The standard InChI is InChI=1S/C12H21N3S/c1-4-15-7-5-12(13,6-8-15)11-14-9(2)10(3)16-11/h4-8,13H2,1-3H3. The number of nitrogens with zero attached hydrogens (tertiary/aromatic N) is 2. The summed E-state index contributed by atoms with van der Waals surface area (Å²) in [6.07, 6.45) is 2.07. The third-order valence-corrected chi connectivity index (χ3v) is 4.94. The lowest BCUT2D eigenvalue weighted by Gasteiger charge is -2.37. The van der Waals surface area contributed by atoms with E-state index >= 15 is 0 Å². The van der Waals surface area contributed by atoms with Crippen LogP contribution in [0, 0.1) is 13.8 Å². The van der Waals surface area contributed by atoms with Crippen molar-refractivity contribution in [3.63, 3.8) is 0 Å². The highest BCUT2D eigenvalue weighted by atomic mass is 32.1. The van der Waals surface area contributed by atoms with Crippen molar-refractivity contribution in [1.82, 2.24) is 9.88 Å². The van der Waals surface area contributed by atoms with Crippen LogP contribution in [0.25, 0.3) is 0 Å². The van der Waals surface area contributed by atoms with Gasteiger partial charge in [-0.15, -0.1) is 11.3 Å². The van der Waals surface area contributed by atoms with Gasteiger partial charge < -0.3 is 10.6 Å². The molecular weight excluding hydrogens is 218 g/mol. The lowest BCUT2D eigenvalue weighted by molar-refractivity contribution is 0.168. The summed E-state index contributed by atoms with van der Waals surface area (Å²) >= 11 is 1.77. The van der Waals surface area contributed by atoms with Crippen LogP contribution in [-0.4, -0.2) is 29.5 Å². The zero-order chi connectivity index (χ0) is 11.8. The van der Waals surface area contributed by atoms with E-state index in [1.54, 1.807) is 11.3 Å². The maximum absolute atomic E-state index is 6.50. The zero-order valence-corrected chi connectivity index (χ0v) is 11.2. The molecule has 2 N–H and O–H groups in total. The summed E-state index contributed by atoms with van der Waals surface area (Å²) in [6.45, 7) is 9.74. The summed E-state index contributed by atoms with van der Waals surface area (Å²) < 4.78 is 0. The highest BCUT2D eigenvalue weighted by molar-refractivity contribution is 7.11. The molecule has 1 aromatic heterocycles. The van der Waals surface area contributed by atoms with E-state index in [0.717, 1.165) is 43.2 Å². The van der Waals surface area contributed by atoms with Crippen molar-refractivity contribution < 1.29 is 0 Å². The summed E-state index contributed by atoms with van der Waals surface area (Å²) in [5, 5.41) is 1.14. The second-order valence-electron chi connectivity index (χ2n) is 4.75. The van der Waals surface area contributed by atoms with Crippen molar-refractivity contribution >= 4 is 11.3 Å². The third kappa shape index (κ3) is 2.14. The number of aryl methyl sites for hydroxylation is 2. The molecule has 0 unspecified atom stereocenters. The van der Waals surface area contributed by atoms with Gasteiger partial charge in [0.1, 0.15) is 5.01 Å². The van der Waals surface area contributed by atoms with E-state index in [2.05, 4.69) is 30.7 Å². The van der Waals surface area contributed by atoms with Crippen LogP contribution in [0.4, 0.5) is 0 Å². The first kappa shape index (κ1) is 12.0. The lowest BCUT2D eigenvalue weighted by atomic mass is 9.89. The molecule has 2 heterocycles. The fraction of sp³-hybridized carbons (Fsp3) is 0.750. The Labute approximate surface area is 102 Å². The number of rotatable bonds is 2. The van der Waals surface area contributed by atoms with Crippen molar-refractivity contribution in [2.24, 2.45) is 5.73 Å². The number of likely N-dealkylation sites (tertiary alicyclic amines) is 1.